The van der Waals surface area contributed by atoms with Gasteiger partial charge >= 0.3 is 0 Å². The van der Waals surface area contributed by atoms with Crippen LogP contribution in [-0.4, -0.2) is 30.1 Å². The highest BCUT2D eigenvalue weighted by Gasteiger charge is 2.15. The molecule has 0 saturated carbocycles. The Morgan fingerprint density at radius 1 is 1.00 bits per heavy atom. The monoisotopic (exact) mass is 330 g/mol. The van der Waals surface area contributed by atoms with E-state index in [0.29, 0.717) is 11.5 Å². The Morgan fingerprint density at radius 3 is 2.76 bits per heavy atom. The Morgan fingerprint density at radius 2 is 1.88 bits per heavy atom. The third-order valence-corrected chi connectivity index (χ3v) is 4.12. The Balaban J connectivity index is 1.72. The third kappa shape index (κ3) is 2.17. The number of nitrogens with one attached hydrogen (secondary N) is 2. The van der Waals surface area contributed by atoms with Crippen molar-refractivity contribution in [2.24, 2.45) is 0 Å². The van der Waals surface area contributed by atoms with Crippen molar-refractivity contribution in [1.82, 2.24) is 30.1 Å². The van der Waals surface area contributed by atoms with Gasteiger partial charge in [-0.3, -0.25) is 10.1 Å². The summed E-state index contributed by atoms with van der Waals surface area (Å²) in [6.45, 7) is 0. The number of aromatic amines is 2. The van der Waals surface area contributed by atoms with Gasteiger partial charge in [-0.2, -0.15) is 5.10 Å². The molecule has 0 unspecified atom stereocenters. The van der Waals surface area contributed by atoms with Crippen LogP contribution < -0.4 is 0 Å². The number of H-pyrrole nitrogens is 2. The SMILES string of the molecule is Fc1ccc(-c2cncc3[nH]c(-c4[nH]nc5ncccc45)nc23)cc1. The first-order valence-electron chi connectivity index (χ1n) is 7.69. The minimum absolute atomic E-state index is 0.275. The molecule has 0 atom stereocenters. The van der Waals surface area contributed by atoms with Gasteiger partial charge in [-0.1, -0.05) is 12.1 Å². The van der Waals surface area contributed by atoms with Gasteiger partial charge in [0.25, 0.3) is 0 Å². The topological polar surface area (TPSA) is 83.1 Å². The van der Waals surface area contributed by atoms with Crippen LogP contribution in [-0.2, 0) is 0 Å². The molecule has 0 radical (unpaired) electrons. The molecule has 0 aliphatic heterocycles. The zero-order valence-electron chi connectivity index (χ0n) is 12.9. The summed E-state index contributed by atoms with van der Waals surface area (Å²) in [7, 11) is 0. The second-order valence-corrected chi connectivity index (χ2v) is 5.65. The number of nitrogens with zero attached hydrogens (tertiary/aromatic N) is 4. The van der Waals surface area contributed by atoms with Crippen molar-refractivity contribution >= 4 is 22.1 Å². The second kappa shape index (κ2) is 5.20. The zero-order valence-corrected chi connectivity index (χ0v) is 12.9. The lowest BCUT2D eigenvalue weighted by Crippen LogP contribution is -1.84. The van der Waals surface area contributed by atoms with Crippen molar-refractivity contribution in [2.45, 2.75) is 0 Å². The van der Waals surface area contributed by atoms with Crippen LogP contribution in [0.25, 0.3) is 44.7 Å². The quantitative estimate of drug-likeness (QED) is 0.517. The van der Waals surface area contributed by atoms with Crippen molar-refractivity contribution in [3.63, 3.8) is 0 Å². The minimum atomic E-state index is -0.275. The molecule has 5 aromatic rings. The average molecular weight is 330 g/mol. The molecule has 0 aliphatic carbocycles. The molecule has 7 heteroatoms. The van der Waals surface area contributed by atoms with Crippen molar-refractivity contribution in [1.29, 1.82) is 0 Å². The fourth-order valence-corrected chi connectivity index (χ4v) is 2.92. The molecule has 2 N–H and O–H groups in total. The molecule has 1 aromatic carbocycles. The van der Waals surface area contributed by atoms with Crippen LogP contribution in [0.5, 0.6) is 0 Å². The maximum Gasteiger partial charge on any atom is 0.181 e. The first-order valence-corrected chi connectivity index (χ1v) is 7.69. The van der Waals surface area contributed by atoms with Crippen LogP contribution >= 0.6 is 0 Å². The summed E-state index contributed by atoms with van der Waals surface area (Å²) < 4.78 is 13.2. The molecular formula is C18H11FN6. The molecule has 0 amide bonds. The average Bonchev–Trinajstić information content (AvgIpc) is 3.26. The van der Waals surface area contributed by atoms with Gasteiger partial charge < -0.3 is 4.98 Å². The first kappa shape index (κ1) is 13.8. The van der Waals surface area contributed by atoms with E-state index in [1.807, 2.05) is 12.1 Å². The molecule has 0 spiro atoms. The highest BCUT2D eigenvalue weighted by atomic mass is 19.1. The number of rotatable bonds is 2. The van der Waals surface area contributed by atoms with Crippen molar-refractivity contribution in [3.8, 4) is 22.6 Å². The minimum Gasteiger partial charge on any atom is -0.335 e. The number of aromatic nitrogens is 6. The van der Waals surface area contributed by atoms with Crippen molar-refractivity contribution in [2.75, 3.05) is 0 Å². The van der Waals surface area contributed by atoms with E-state index >= 15 is 0 Å². The fraction of sp³-hybridized carbons (Fsp3) is 0. The van der Waals surface area contributed by atoms with Gasteiger partial charge in [-0.25, -0.2) is 14.4 Å². The lowest BCUT2D eigenvalue weighted by atomic mass is 10.1. The van der Waals surface area contributed by atoms with E-state index in [0.717, 1.165) is 33.2 Å². The van der Waals surface area contributed by atoms with E-state index < -0.39 is 0 Å². The molecule has 4 aromatic heterocycles. The molecule has 5 rings (SSSR count). The normalized spacial score (nSPS) is 11.4. The summed E-state index contributed by atoms with van der Waals surface area (Å²) in [5, 5.41) is 8.07. The highest BCUT2D eigenvalue weighted by molar-refractivity contribution is 5.95. The molecule has 0 bridgehead atoms. The fourth-order valence-electron chi connectivity index (χ4n) is 2.92. The number of hydrogen-bond acceptors (Lipinski definition) is 4. The van der Waals surface area contributed by atoms with Gasteiger partial charge in [0.2, 0.25) is 0 Å². The van der Waals surface area contributed by atoms with E-state index in [9.17, 15) is 4.39 Å². The van der Waals surface area contributed by atoms with E-state index in [1.165, 1.54) is 12.1 Å². The molecule has 120 valence electrons. The molecular weight excluding hydrogens is 319 g/mol. The van der Waals surface area contributed by atoms with Gasteiger partial charge in [-0.05, 0) is 29.8 Å². The lowest BCUT2D eigenvalue weighted by Gasteiger charge is -2.01. The van der Waals surface area contributed by atoms with Crippen LogP contribution in [0.4, 0.5) is 4.39 Å². The molecule has 6 nitrogen and oxygen atoms in total. The van der Waals surface area contributed by atoms with Crippen molar-refractivity contribution < 1.29 is 4.39 Å². The standard InChI is InChI=1S/C18H11FN6/c19-11-5-3-10(4-6-11)13-8-20-9-14-15(13)23-18(22-14)16-12-2-1-7-21-17(12)25-24-16/h1-9H,(H,22,23)(H,21,24,25). The number of fused-ring (bicyclic) bond motifs is 2. The van der Waals surface area contributed by atoms with E-state index in [2.05, 4.69) is 25.1 Å². The Hall–Kier alpha value is -3.61. The van der Waals surface area contributed by atoms with E-state index in [1.54, 1.807) is 30.7 Å². The Labute approximate surface area is 140 Å². The van der Waals surface area contributed by atoms with E-state index in [4.69, 9.17) is 4.98 Å². The Kier molecular flexibility index (Phi) is 2.87. The van der Waals surface area contributed by atoms with Crippen LogP contribution in [0.15, 0.2) is 55.0 Å². The van der Waals surface area contributed by atoms with Crippen LogP contribution in [0.3, 0.4) is 0 Å². The van der Waals surface area contributed by atoms with Crippen LogP contribution in [0.2, 0.25) is 0 Å². The summed E-state index contributed by atoms with van der Waals surface area (Å²) in [5.41, 5.74) is 4.65. The van der Waals surface area contributed by atoms with Gasteiger partial charge in [0.05, 0.1) is 17.2 Å². The van der Waals surface area contributed by atoms with Crippen LogP contribution in [0.1, 0.15) is 0 Å². The molecule has 0 saturated heterocycles. The number of hydrogen-bond donors (Lipinski definition) is 2. The van der Waals surface area contributed by atoms with Gasteiger partial charge in [0.1, 0.15) is 11.5 Å². The van der Waals surface area contributed by atoms with Gasteiger partial charge in [0.15, 0.2) is 11.5 Å². The molecule has 0 fully saturated rings. The smallest absolute Gasteiger partial charge is 0.181 e. The summed E-state index contributed by atoms with van der Waals surface area (Å²) in [6.07, 6.45) is 5.14. The van der Waals surface area contributed by atoms with E-state index in [-0.39, 0.29) is 5.82 Å². The van der Waals surface area contributed by atoms with Gasteiger partial charge in [0, 0.05) is 23.3 Å². The summed E-state index contributed by atoms with van der Waals surface area (Å²) >= 11 is 0. The second-order valence-electron chi connectivity index (χ2n) is 5.65. The van der Waals surface area contributed by atoms with Crippen LogP contribution in [0, 0.1) is 5.82 Å². The predicted octanol–water partition coefficient (Wildman–Crippen LogP) is 3.70. The highest BCUT2D eigenvalue weighted by Crippen LogP contribution is 2.30. The Bertz CT molecular complexity index is 1210. The summed E-state index contributed by atoms with van der Waals surface area (Å²) in [6, 6.07) is 10.1. The zero-order chi connectivity index (χ0) is 16.8. The molecule has 0 aliphatic rings. The number of halogens is 1. The molecule has 4 heterocycles. The van der Waals surface area contributed by atoms with Gasteiger partial charge in [-0.15, -0.1) is 0 Å². The maximum absolute atomic E-state index is 13.2. The number of imidazole rings is 1. The number of benzene rings is 1. The summed E-state index contributed by atoms with van der Waals surface area (Å²) in [5.74, 6) is 0.380. The largest absolute Gasteiger partial charge is 0.335 e. The molecule has 25 heavy (non-hydrogen) atoms. The summed E-state index contributed by atoms with van der Waals surface area (Å²) in [4.78, 5) is 16.5. The maximum atomic E-state index is 13.2. The predicted molar refractivity (Wildman–Crippen MR) is 92.2 cm³/mol. The first-order chi connectivity index (χ1) is 12.3. The van der Waals surface area contributed by atoms with Crippen molar-refractivity contribution in [3.05, 3.63) is 60.8 Å². The third-order valence-electron chi connectivity index (χ3n) is 4.12. The number of pyridine rings is 2. The lowest BCUT2D eigenvalue weighted by molar-refractivity contribution is 0.628.